The summed E-state index contributed by atoms with van der Waals surface area (Å²) in [6, 6.07) is 18.1. The molecule has 0 bridgehead atoms. The molecule has 0 unspecified atom stereocenters. The van der Waals surface area contributed by atoms with Gasteiger partial charge in [0.15, 0.2) is 5.58 Å². The molecule has 25 heavy (non-hydrogen) atoms. The smallest absolute Gasteiger partial charge is 0.309 e. The first-order valence-electron chi connectivity index (χ1n) is 8.61. The molecule has 3 aromatic rings. The van der Waals surface area contributed by atoms with Gasteiger partial charge in [-0.3, -0.25) is 4.79 Å². The van der Waals surface area contributed by atoms with Gasteiger partial charge in [0.1, 0.15) is 12.1 Å². The second kappa shape index (κ2) is 6.97. The Labute approximate surface area is 146 Å². The summed E-state index contributed by atoms with van der Waals surface area (Å²) in [6.45, 7) is 1.83. The predicted octanol–water partition coefficient (Wildman–Crippen LogP) is 3.79. The monoisotopic (exact) mass is 336 g/mol. The van der Waals surface area contributed by atoms with Crippen molar-refractivity contribution in [3.05, 3.63) is 60.2 Å². The van der Waals surface area contributed by atoms with Crippen LogP contribution >= 0.6 is 0 Å². The molecule has 0 spiro atoms. The van der Waals surface area contributed by atoms with Crippen molar-refractivity contribution in [1.82, 2.24) is 4.98 Å². The summed E-state index contributed by atoms with van der Waals surface area (Å²) < 4.78 is 11.3. The second-order valence-electron chi connectivity index (χ2n) is 6.32. The van der Waals surface area contributed by atoms with Crippen LogP contribution in [0.1, 0.15) is 18.4 Å². The molecule has 1 aliphatic heterocycles. The van der Waals surface area contributed by atoms with Gasteiger partial charge in [-0.1, -0.05) is 42.5 Å². The third-order valence-corrected chi connectivity index (χ3v) is 4.61. The van der Waals surface area contributed by atoms with Crippen molar-refractivity contribution >= 4 is 23.1 Å². The number of piperidine rings is 1. The molecule has 5 nitrogen and oxygen atoms in total. The molecule has 4 rings (SSSR count). The number of anilines is 1. The highest BCUT2D eigenvalue weighted by Gasteiger charge is 2.28. The number of oxazole rings is 1. The van der Waals surface area contributed by atoms with Crippen LogP contribution in [0.5, 0.6) is 0 Å². The van der Waals surface area contributed by atoms with E-state index in [9.17, 15) is 4.79 Å². The van der Waals surface area contributed by atoms with E-state index in [-0.39, 0.29) is 11.9 Å². The maximum absolute atomic E-state index is 12.3. The van der Waals surface area contributed by atoms with Crippen LogP contribution in [-0.2, 0) is 16.1 Å². The molecule has 1 fully saturated rings. The minimum absolute atomic E-state index is 0.0515. The van der Waals surface area contributed by atoms with Crippen LogP contribution in [0.3, 0.4) is 0 Å². The van der Waals surface area contributed by atoms with Crippen molar-refractivity contribution in [3.63, 3.8) is 0 Å². The largest absolute Gasteiger partial charge is 0.461 e. The number of aromatic nitrogens is 1. The molecule has 0 radical (unpaired) electrons. The molecule has 128 valence electrons. The number of ether oxygens (including phenoxy) is 1. The Kier molecular flexibility index (Phi) is 4.37. The average Bonchev–Trinajstić information content (AvgIpc) is 3.11. The number of benzene rings is 2. The fourth-order valence-corrected chi connectivity index (χ4v) is 3.15. The number of rotatable bonds is 4. The highest BCUT2D eigenvalue weighted by Crippen LogP contribution is 2.26. The molecule has 1 aromatic heterocycles. The molecule has 0 atom stereocenters. The number of hydrogen-bond donors (Lipinski definition) is 0. The highest BCUT2D eigenvalue weighted by molar-refractivity contribution is 5.75. The first kappa shape index (κ1) is 15.7. The second-order valence-corrected chi connectivity index (χ2v) is 6.32. The minimum Gasteiger partial charge on any atom is -0.461 e. The van der Waals surface area contributed by atoms with Crippen LogP contribution in [0.4, 0.5) is 6.01 Å². The van der Waals surface area contributed by atoms with Crippen molar-refractivity contribution < 1.29 is 13.9 Å². The van der Waals surface area contributed by atoms with Crippen LogP contribution < -0.4 is 4.90 Å². The molecule has 5 heteroatoms. The minimum atomic E-state index is -0.110. The third kappa shape index (κ3) is 3.50. The van der Waals surface area contributed by atoms with E-state index >= 15 is 0 Å². The van der Waals surface area contributed by atoms with E-state index in [1.807, 2.05) is 54.6 Å². The first-order chi connectivity index (χ1) is 12.3. The highest BCUT2D eigenvalue weighted by atomic mass is 16.5. The van der Waals surface area contributed by atoms with Gasteiger partial charge in [-0.15, -0.1) is 0 Å². The van der Waals surface area contributed by atoms with Crippen molar-refractivity contribution in [3.8, 4) is 0 Å². The number of hydrogen-bond acceptors (Lipinski definition) is 5. The summed E-state index contributed by atoms with van der Waals surface area (Å²) in [6.07, 6.45) is 1.51. The van der Waals surface area contributed by atoms with Crippen LogP contribution in [0.25, 0.3) is 11.1 Å². The zero-order valence-electron chi connectivity index (χ0n) is 13.9. The lowest BCUT2D eigenvalue weighted by atomic mass is 9.97. The zero-order valence-corrected chi connectivity index (χ0v) is 13.9. The topological polar surface area (TPSA) is 55.6 Å². The van der Waals surface area contributed by atoms with Gasteiger partial charge in [0, 0.05) is 13.1 Å². The van der Waals surface area contributed by atoms with Gasteiger partial charge < -0.3 is 14.1 Å². The number of fused-ring (bicyclic) bond motifs is 1. The predicted molar refractivity (Wildman–Crippen MR) is 95.2 cm³/mol. The zero-order chi connectivity index (χ0) is 17.1. The number of carbonyl (C=O) groups is 1. The normalized spacial score (nSPS) is 15.4. The Bertz CT molecular complexity index is 819. The van der Waals surface area contributed by atoms with Crippen LogP contribution in [0.2, 0.25) is 0 Å². The van der Waals surface area contributed by atoms with E-state index < -0.39 is 0 Å². The van der Waals surface area contributed by atoms with Gasteiger partial charge in [0.05, 0.1) is 5.92 Å². The van der Waals surface area contributed by atoms with E-state index in [1.165, 1.54) is 0 Å². The number of nitrogens with zero attached hydrogens (tertiary/aromatic N) is 2. The Balaban J connectivity index is 1.32. The first-order valence-corrected chi connectivity index (χ1v) is 8.61. The van der Waals surface area contributed by atoms with Gasteiger partial charge in [-0.05, 0) is 30.5 Å². The molecule has 2 aromatic carbocycles. The van der Waals surface area contributed by atoms with Crippen molar-refractivity contribution in [1.29, 1.82) is 0 Å². The third-order valence-electron chi connectivity index (χ3n) is 4.61. The molecule has 0 amide bonds. The standard InChI is InChI=1S/C20H20N2O3/c23-19(24-14-15-6-2-1-3-7-15)16-10-12-22(13-11-16)20-21-17-8-4-5-9-18(17)25-20/h1-9,16H,10-14H2. The lowest BCUT2D eigenvalue weighted by Gasteiger charge is -2.29. The van der Waals surface area contributed by atoms with Crippen LogP contribution in [0.15, 0.2) is 59.0 Å². The van der Waals surface area contributed by atoms with Gasteiger partial charge in [0.2, 0.25) is 0 Å². The summed E-state index contributed by atoms with van der Waals surface area (Å²) in [5.74, 6) is -0.162. The summed E-state index contributed by atoms with van der Waals surface area (Å²) in [5.41, 5.74) is 2.67. The Hall–Kier alpha value is -2.82. The molecule has 0 N–H and O–H groups in total. The van der Waals surface area contributed by atoms with E-state index in [0.29, 0.717) is 12.6 Å². The van der Waals surface area contributed by atoms with E-state index in [2.05, 4.69) is 9.88 Å². The van der Waals surface area contributed by atoms with E-state index in [0.717, 1.165) is 42.6 Å². The van der Waals surface area contributed by atoms with Crippen molar-refractivity contribution in [2.75, 3.05) is 18.0 Å². The Morgan fingerprint density at radius 1 is 1.08 bits per heavy atom. The van der Waals surface area contributed by atoms with Crippen molar-refractivity contribution in [2.45, 2.75) is 19.4 Å². The molecular formula is C20H20N2O3. The lowest BCUT2D eigenvalue weighted by molar-refractivity contribution is -0.150. The van der Waals surface area contributed by atoms with E-state index in [1.54, 1.807) is 0 Å². The van der Waals surface area contributed by atoms with Gasteiger partial charge in [-0.2, -0.15) is 4.98 Å². The maximum Gasteiger partial charge on any atom is 0.309 e. The summed E-state index contributed by atoms with van der Waals surface area (Å²) >= 11 is 0. The molecule has 0 saturated carbocycles. The number of carbonyl (C=O) groups excluding carboxylic acids is 1. The van der Waals surface area contributed by atoms with Crippen LogP contribution in [-0.4, -0.2) is 24.0 Å². The van der Waals surface area contributed by atoms with Crippen LogP contribution in [0, 0.1) is 5.92 Å². The fourth-order valence-electron chi connectivity index (χ4n) is 3.15. The molecule has 0 aliphatic carbocycles. The summed E-state index contributed by atoms with van der Waals surface area (Å²) in [5, 5.41) is 0. The quantitative estimate of drug-likeness (QED) is 0.679. The fraction of sp³-hybridized carbons (Fsp3) is 0.300. The average molecular weight is 336 g/mol. The van der Waals surface area contributed by atoms with Gasteiger partial charge in [-0.25, -0.2) is 0 Å². The van der Waals surface area contributed by atoms with Gasteiger partial charge >= 0.3 is 5.97 Å². The molecule has 2 heterocycles. The lowest BCUT2D eigenvalue weighted by Crippen LogP contribution is -2.37. The SMILES string of the molecule is O=C(OCc1ccccc1)C1CCN(c2nc3ccccc3o2)CC1. The van der Waals surface area contributed by atoms with Gasteiger partial charge in [0.25, 0.3) is 6.01 Å². The van der Waals surface area contributed by atoms with E-state index in [4.69, 9.17) is 9.15 Å². The number of para-hydroxylation sites is 2. The Morgan fingerprint density at radius 2 is 1.80 bits per heavy atom. The summed E-state index contributed by atoms with van der Waals surface area (Å²) in [7, 11) is 0. The molecule has 1 aliphatic rings. The van der Waals surface area contributed by atoms with Crippen molar-refractivity contribution in [2.24, 2.45) is 5.92 Å². The number of esters is 1. The summed E-state index contributed by atoms with van der Waals surface area (Å²) in [4.78, 5) is 18.9. The molecule has 1 saturated heterocycles. The Morgan fingerprint density at radius 3 is 2.56 bits per heavy atom. The molecular weight excluding hydrogens is 316 g/mol. The maximum atomic E-state index is 12.3.